The summed E-state index contributed by atoms with van der Waals surface area (Å²) in [5.41, 5.74) is 1.15. The quantitative estimate of drug-likeness (QED) is 0.691. The maximum Gasteiger partial charge on any atom is 0.273 e. The van der Waals surface area contributed by atoms with Crippen LogP contribution in [-0.4, -0.2) is 50.5 Å². The van der Waals surface area contributed by atoms with Gasteiger partial charge in [-0.3, -0.25) is 9.59 Å². The number of amides is 2. The van der Waals surface area contributed by atoms with Crippen molar-refractivity contribution < 1.29 is 14.3 Å². The van der Waals surface area contributed by atoms with Crippen LogP contribution in [0.3, 0.4) is 0 Å². The molecule has 1 aliphatic carbocycles. The molecule has 2 aromatic heterocycles. The molecule has 0 aromatic carbocycles. The SMILES string of the molecule is O=C1CCCc2cn(nn2)CCOc2cccnc2C(=O)NC2CCC(CC2)N1. The fraction of sp³-hybridized carbons (Fsp3) is 0.550. The van der Waals surface area contributed by atoms with Crippen LogP contribution in [0.4, 0.5) is 0 Å². The summed E-state index contributed by atoms with van der Waals surface area (Å²) < 4.78 is 7.52. The third-order valence-corrected chi connectivity index (χ3v) is 5.41. The number of hydrogen-bond acceptors (Lipinski definition) is 6. The van der Waals surface area contributed by atoms with Crippen LogP contribution < -0.4 is 15.4 Å². The van der Waals surface area contributed by atoms with Crippen molar-refractivity contribution in [2.75, 3.05) is 6.61 Å². The van der Waals surface area contributed by atoms with Crippen LogP contribution >= 0.6 is 0 Å². The van der Waals surface area contributed by atoms with Gasteiger partial charge in [-0.1, -0.05) is 5.21 Å². The van der Waals surface area contributed by atoms with Crippen molar-refractivity contribution in [1.82, 2.24) is 30.6 Å². The number of ether oxygens (including phenoxy) is 1. The molecule has 9 heteroatoms. The molecule has 0 spiro atoms. The number of rotatable bonds is 0. The number of fused-ring (bicyclic) bond motifs is 9. The van der Waals surface area contributed by atoms with Crippen LogP contribution in [-0.2, 0) is 17.8 Å². The molecule has 4 bridgehead atoms. The number of hydrogen-bond donors (Lipinski definition) is 2. The topological polar surface area (TPSA) is 111 Å². The van der Waals surface area contributed by atoms with Gasteiger partial charge in [0.2, 0.25) is 5.91 Å². The minimum atomic E-state index is -0.228. The fourth-order valence-corrected chi connectivity index (χ4v) is 3.85. The van der Waals surface area contributed by atoms with Crippen molar-refractivity contribution in [3.8, 4) is 5.75 Å². The second-order valence-electron chi connectivity index (χ2n) is 7.61. The van der Waals surface area contributed by atoms with E-state index in [4.69, 9.17) is 4.74 Å². The predicted octanol–water partition coefficient (Wildman–Crippen LogP) is 1.25. The lowest BCUT2D eigenvalue weighted by Gasteiger charge is -2.29. The largest absolute Gasteiger partial charge is 0.489 e. The van der Waals surface area contributed by atoms with Crippen molar-refractivity contribution in [1.29, 1.82) is 0 Å². The van der Waals surface area contributed by atoms with Crippen molar-refractivity contribution in [2.24, 2.45) is 0 Å². The molecule has 2 amide bonds. The molecule has 1 saturated carbocycles. The predicted molar refractivity (Wildman–Crippen MR) is 104 cm³/mol. The molecule has 3 aliphatic rings. The first-order valence-electron chi connectivity index (χ1n) is 10.2. The third kappa shape index (κ3) is 5.10. The summed E-state index contributed by atoms with van der Waals surface area (Å²) in [7, 11) is 0. The highest BCUT2D eigenvalue weighted by molar-refractivity contribution is 5.95. The van der Waals surface area contributed by atoms with Gasteiger partial charge in [-0.05, 0) is 50.7 Å². The van der Waals surface area contributed by atoms with Gasteiger partial charge in [0.1, 0.15) is 6.61 Å². The number of carbonyl (C=O) groups excluding carboxylic acids is 2. The molecular formula is C20H26N6O3. The molecule has 2 aromatic rings. The van der Waals surface area contributed by atoms with E-state index in [0.29, 0.717) is 37.4 Å². The van der Waals surface area contributed by atoms with E-state index < -0.39 is 0 Å². The molecule has 0 atom stereocenters. The molecule has 2 N–H and O–H groups in total. The Morgan fingerprint density at radius 3 is 2.69 bits per heavy atom. The van der Waals surface area contributed by atoms with E-state index in [-0.39, 0.29) is 23.9 Å². The Hall–Kier alpha value is -2.97. The Morgan fingerprint density at radius 2 is 1.86 bits per heavy atom. The Labute approximate surface area is 169 Å². The van der Waals surface area contributed by atoms with Gasteiger partial charge in [0.15, 0.2) is 11.4 Å². The summed E-state index contributed by atoms with van der Waals surface area (Å²) in [5, 5.41) is 14.4. The van der Waals surface area contributed by atoms with Gasteiger partial charge in [0, 0.05) is 30.9 Å². The Balaban J connectivity index is 1.49. The molecule has 154 valence electrons. The van der Waals surface area contributed by atoms with Gasteiger partial charge in [-0.15, -0.1) is 5.10 Å². The summed E-state index contributed by atoms with van der Waals surface area (Å²) in [6.45, 7) is 0.857. The smallest absolute Gasteiger partial charge is 0.273 e. The Morgan fingerprint density at radius 1 is 1.07 bits per heavy atom. The van der Waals surface area contributed by atoms with E-state index in [1.54, 1.807) is 23.0 Å². The zero-order valence-corrected chi connectivity index (χ0v) is 16.3. The van der Waals surface area contributed by atoms with Crippen molar-refractivity contribution >= 4 is 11.8 Å². The molecule has 0 radical (unpaired) electrons. The maximum absolute atomic E-state index is 12.7. The van der Waals surface area contributed by atoms with Gasteiger partial charge in [-0.2, -0.15) is 0 Å². The number of aromatic nitrogens is 4. The van der Waals surface area contributed by atoms with Crippen LogP contribution in [0, 0.1) is 0 Å². The summed E-state index contributed by atoms with van der Waals surface area (Å²) in [6.07, 6.45) is 8.78. The second kappa shape index (κ2) is 9.02. The number of nitrogens with zero attached hydrogens (tertiary/aromatic N) is 4. The average molecular weight is 398 g/mol. The number of carbonyl (C=O) groups is 2. The number of nitrogens with one attached hydrogen (secondary N) is 2. The lowest BCUT2D eigenvalue weighted by Crippen LogP contribution is -2.44. The highest BCUT2D eigenvalue weighted by Gasteiger charge is 2.25. The zero-order valence-electron chi connectivity index (χ0n) is 16.3. The van der Waals surface area contributed by atoms with Gasteiger partial charge in [0.25, 0.3) is 5.91 Å². The first-order chi connectivity index (χ1) is 14.2. The lowest BCUT2D eigenvalue weighted by atomic mass is 9.91. The van der Waals surface area contributed by atoms with Gasteiger partial charge >= 0.3 is 0 Å². The van der Waals surface area contributed by atoms with E-state index in [9.17, 15) is 9.59 Å². The molecule has 0 unspecified atom stereocenters. The van der Waals surface area contributed by atoms with Gasteiger partial charge in [-0.25, -0.2) is 9.67 Å². The van der Waals surface area contributed by atoms with Crippen molar-refractivity contribution in [3.05, 3.63) is 35.9 Å². The van der Waals surface area contributed by atoms with Crippen LogP contribution in [0.15, 0.2) is 24.5 Å². The van der Waals surface area contributed by atoms with Crippen LogP contribution in [0.1, 0.15) is 54.7 Å². The summed E-state index contributed by atoms with van der Waals surface area (Å²) in [5.74, 6) is 0.313. The molecule has 2 aliphatic heterocycles. The first-order valence-corrected chi connectivity index (χ1v) is 10.2. The van der Waals surface area contributed by atoms with E-state index in [1.165, 1.54) is 0 Å². The van der Waals surface area contributed by atoms with Gasteiger partial charge in [0.05, 0.1) is 12.2 Å². The van der Waals surface area contributed by atoms with Gasteiger partial charge < -0.3 is 15.4 Å². The summed E-state index contributed by atoms with van der Waals surface area (Å²) >= 11 is 0. The number of pyridine rings is 1. The average Bonchev–Trinajstić information content (AvgIpc) is 3.17. The highest BCUT2D eigenvalue weighted by Crippen LogP contribution is 2.21. The van der Waals surface area contributed by atoms with E-state index in [0.717, 1.165) is 37.8 Å². The van der Waals surface area contributed by atoms with E-state index >= 15 is 0 Å². The molecule has 1 fully saturated rings. The summed E-state index contributed by atoms with van der Waals surface area (Å²) in [4.78, 5) is 29.2. The monoisotopic (exact) mass is 398 g/mol. The minimum absolute atomic E-state index is 0.0781. The molecule has 4 heterocycles. The highest BCUT2D eigenvalue weighted by atomic mass is 16.5. The third-order valence-electron chi connectivity index (χ3n) is 5.41. The van der Waals surface area contributed by atoms with E-state index in [1.807, 2.05) is 6.20 Å². The molecule has 5 rings (SSSR count). The van der Waals surface area contributed by atoms with Crippen molar-refractivity contribution in [3.63, 3.8) is 0 Å². The molecule has 29 heavy (non-hydrogen) atoms. The van der Waals surface area contributed by atoms with Crippen LogP contribution in [0.25, 0.3) is 0 Å². The lowest BCUT2D eigenvalue weighted by molar-refractivity contribution is -0.122. The Kier molecular flexibility index (Phi) is 6.02. The zero-order chi connectivity index (χ0) is 20.1. The van der Waals surface area contributed by atoms with Crippen LogP contribution in [0.5, 0.6) is 5.75 Å². The maximum atomic E-state index is 12.7. The molecule has 9 nitrogen and oxygen atoms in total. The minimum Gasteiger partial charge on any atom is -0.489 e. The first kappa shape index (κ1) is 19.4. The number of aryl methyl sites for hydroxylation is 1. The Bertz CT molecular complexity index is 859. The van der Waals surface area contributed by atoms with Crippen molar-refractivity contribution in [2.45, 2.75) is 63.6 Å². The molecular weight excluding hydrogens is 372 g/mol. The van der Waals surface area contributed by atoms with Crippen LogP contribution in [0.2, 0.25) is 0 Å². The standard InChI is InChI=1S/C20H26N6O3/c27-18-5-1-3-16-13-26(25-24-16)11-12-29-17-4-2-10-21-19(17)20(28)23-15-8-6-14(22-18)7-9-15/h2,4,10,13-15H,1,3,5-9,11-12H2,(H,22,27)(H,23,28). The molecule has 0 saturated heterocycles. The fourth-order valence-electron chi connectivity index (χ4n) is 3.85. The summed E-state index contributed by atoms with van der Waals surface area (Å²) in [6, 6.07) is 3.76. The van der Waals surface area contributed by atoms with E-state index in [2.05, 4.69) is 25.9 Å². The second-order valence-corrected chi connectivity index (χ2v) is 7.61. The normalized spacial score (nSPS) is 23.6.